The first kappa shape index (κ1) is 20.9. The van der Waals surface area contributed by atoms with Gasteiger partial charge in [0.05, 0.1) is 17.1 Å². The average Bonchev–Trinajstić information content (AvgIpc) is 3.08. The van der Waals surface area contributed by atoms with Crippen molar-refractivity contribution in [1.29, 1.82) is 0 Å². The number of aromatic nitrogens is 2. The highest BCUT2D eigenvalue weighted by Crippen LogP contribution is 2.16. The smallest absolute Gasteiger partial charge is 0.191 e. The molecule has 2 aromatic carbocycles. The Bertz CT molecular complexity index is 919. The van der Waals surface area contributed by atoms with Crippen LogP contribution in [0.2, 0.25) is 0 Å². The molecule has 0 aliphatic heterocycles. The zero-order valence-corrected chi connectivity index (χ0v) is 17.6. The minimum Gasteiger partial charge on any atom is -0.374 e. The van der Waals surface area contributed by atoms with Crippen molar-refractivity contribution in [1.82, 2.24) is 20.2 Å². The van der Waals surface area contributed by atoms with Crippen molar-refractivity contribution in [3.8, 4) is 0 Å². The number of aliphatic imine (C=N–C) groups is 1. The number of imidazole rings is 1. The van der Waals surface area contributed by atoms with Crippen LogP contribution in [0.25, 0.3) is 11.0 Å². The molecule has 6 nitrogen and oxygen atoms in total. The second-order valence-corrected chi connectivity index (χ2v) is 6.97. The Morgan fingerprint density at radius 2 is 1.86 bits per heavy atom. The van der Waals surface area contributed by atoms with Crippen LogP contribution in [0.1, 0.15) is 37.8 Å². The number of nitrogens with one attached hydrogen (secondary N) is 2. The molecule has 29 heavy (non-hydrogen) atoms. The van der Waals surface area contributed by atoms with Crippen LogP contribution in [-0.2, 0) is 18.3 Å². The Hall–Kier alpha value is -2.86. The zero-order valence-electron chi connectivity index (χ0n) is 17.6. The highest BCUT2D eigenvalue weighted by atomic mass is 16.5. The summed E-state index contributed by atoms with van der Waals surface area (Å²) in [5.74, 6) is 1.75. The monoisotopic (exact) mass is 393 g/mol. The van der Waals surface area contributed by atoms with Gasteiger partial charge in [-0.1, -0.05) is 42.5 Å². The molecule has 154 valence electrons. The molecule has 0 fully saturated rings. The molecule has 0 saturated carbocycles. The van der Waals surface area contributed by atoms with Crippen LogP contribution in [0, 0.1) is 0 Å². The molecule has 0 saturated heterocycles. The van der Waals surface area contributed by atoms with Gasteiger partial charge in [-0.2, -0.15) is 0 Å². The maximum Gasteiger partial charge on any atom is 0.191 e. The third-order valence-electron chi connectivity index (χ3n) is 4.85. The normalized spacial score (nSPS) is 12.9. The van der Waals surface area contributed by atoms with Crippen molar-refractivity contribution in [2.24, 2.45) is 12.0 Å². The molecule has 1 atom stereocenters. The Balaban J connectivity index is 1.47. The SMILES string of the molecule is CCNC(=NCc1nc2ccccc2n1C)NCCCOC(C)c1ccccc1. The Morgan fingerprint density at radius 1 is 1.10 bits per heavy atom. The second-order valence-electron chi connectivity index (χ2n) is 6.97. The minimum absolute atomic E-state index is 0.107. The van der Waals surface area contributed by atoms with E-state index in [4.69, 9.17) is 9.73 Å². The Kier molecular flexibility index (Phi) is 7.64. The zero-order chi connectivity index (χ0) is 20.5. The number of guanidine groups is 1. The highest BCUT2D eigenvalue weighted by Gasteiger charge is 2.07. The number of benzene rings is 2. The van der Waals surface area contributed by atoms with E-state index < -0.39 is 0 Å². The molecule has 3 rings (SSSR count). The number of rotatable bonds is 9. The molecule has 1 aromatic heterocycles. The van der Waals surface area contributed by atoms with Gasteiger partial charge in [-0.3, -0.25) is 0 Å². The molecule has 0 radical (unpaired) electrons. The molecule has 1 unspecified atom stereocenters. The lowest BCUT2D eigenvalue weighted by Crippen LogP contribution is -2.38. The van der Waals surface area contributed by atoms with Crippen molar-refractivity contribution < 1.29 is 4.74 Å². The third kappa shape index (κ3) is 5.81. The van der Waals surface area contributed by atoms with Gasteiger partial charge >= 0.3 is 0 Å². The summed E-state index contributed by atoms with van der Waals surface area (Å²) in [6.45, 7) is 7.00. The van der Waals surface area contributed by atoms with E-state index in [-0.39, 0.29) is 6.10 Å². The third-order valence-corrected chi connectivity index (χ3v) is 4.85. The van der Waals surface area contributed by atoms with Crippen LogP contribution in [0.5, 0.6) is 0 Å². The van der Waals surface area contributed by atoms with E-state index in [0.717, 1.165) is 42.3 Å². The van der Waals surface area contributed by atoms with E-state index in [0.29, 0.717) is 13.2 Å². The van der Waals surface area contributed by atoms with Gasteiger partial charge in [0.25, 0.3) is 0 Å². The van der Waals surface area contributed by atoms with Crippen molar-refractivity contribution in [3.63, 3.8) is 0 Å². The first-order valence-electron chi connectivity index (χ1n) is 10.3. The van der Waals surface area contributed by atoms with E-state index in [2.05, 4.69) is 52.2 Å². The summed E-state index contributed by atoms with van der Waals surface area (Å²) in [6, 6.07) is 18.5. The van der Waals surface area contributed by atoms with E-state index in [1.54, 1.807) is 0 Å². The fourth-order valence-corrected chi connectivity index (χ4v) is 3.19. The van der Waals surface area contributed by atoms with E-state index >= 15 is 0 Å². The first-order valence-corrected chi connectivity index (χ1v) is 10.3. The summed E-state index contributed by atoms with van der Waals surface area (Å²) < 4.78 is 8.03. The number of para-hydroxylation sites is 2. The molecule has 0 spiro atoms. The summed E-state index contributed by atoms with van der Waals surface area (Å²) in [4.78, 5) is 9.37. The number of fused-ring (bicyclic) bond motifs is 1. The topological polar surface area (TPSA) is 63.5 Å². The fourth-order valence-electron chi connectivity index (χ4n) is 3.19. The van der Waals surface area contributed by atoms with Crippen molar-refractivity contribution in [3.05, 3.63) is 66.0 Å². The molecule has 6 heteroatoms. The van der Waals surface area contributed by atoms with Crippen molar-refractivity contribution in [2.75, 3.05) is 19.7 Å². The van der Waals surface area contributed by atoms with E-state index in [9.17, 15) is 0 Å². The van der Waals surface area contributed by atoms with Crippen LogP contribution < -0.4 is 10.6 Å². The van der Waals surface area contributed by atoms with Gasteiger partial charge in [-0.25, -0.2) is 9.98 Å². The van der Waals surface area contributed by atoms with Gasteiger partial charge < -0.3 is 19.9 Å². The lowest BCUT2D eigenvalue weighted by Gasteiger charge is -2.14. The standard InChI is InChI=1S/C23H31N5O/c1-4-24-23(25-15-10-16-29-18(2)19-11-6-5-7-12-19)26-17-22-27-20-13-8-9-14-21(20)28(22)3/h5-9,11-14,18H,4,10,15-17H2,1-3H3,(H2,24,25,26). The first-order chi connectivity index (χ1) is 14.2. The van der Waals surface area contributed by atoms with E-state index in [1.807, 2.05) is 43.4 Å². The van der Waals surface area contributed by atoms with Gasteiger partial charge in [0, 0.05) is 26.7 Å². The Labute approximate surface area is 173 Å². The summed E-state index contributed by atoms with van der Waals surface area (Å²) in [7, 11) is 2.03. The average molecular weight is 394 g/mol. The summed E-state index contributed by atoms with van der Waals surface area (Å²) >= 11 is 0. The highest BCUT2D eigenvalue weighted by molar-refractivity contribution is 5.80. The molecule has 0 bridgehead atoms. The number of hydrogen-bond acceptors (Lipinski definition) is 3. The molecule has 3 aromatic rings. The number of hydrogen-bond donors (Lipinski definition) is 2. The number of ether oxygens (including phenoxy) is 1. The molecule has 0 amide bonds. The lowest BCUT2D eigenvalue weighted by atomic mass is 10.1. The van der Waals surface area contributed by atoms with Crippen LogP contribution in [0.15, 0.2) is 59.6 Å². The number of aryl methyl sites for hydroxylation is 1. The molecule has 2 N–H and O–H groups in total. The van der Waals surface area contributed by atoms with Gasteiger partial charge in [0.2, 0.25) is 0 Å². The second kappa shape index (κ2) is 10.6. The van der Waals surface area contributed by atoms with Crippen LogP contribution in [-0.4, -0.2) is 35.2 Å². The van der Waals surface area contributed by atoms with E-state index in [1.165, 1.54) is 5.56 Å². The van der Waals surface area contributed by atoms with Crippen LogP contribution in [0.4, 0.5) is 0 Å². The van der Waals surface area contributed by atoms with Crippen LogP contribution in [0.3, 0.4) is 0 Å². The summed E-state index contributed by atoms with van der Waals surface area (Å²) in [6.07, 6.45) is 1.02. The molecular weight excluding hydrogens is 362 g/mol. The van der Waals surface area contributed by atoms with Gasteiger partial charge in [-0.05, 0) is 38.0 Å². The summed E-state index contributed by atoms with van der Waals surface area (Å²) in [5, 5.41) is 6.67. The quantitative estimate of drug-likeness (QED) is 0.330. The van der Waals surface area contributed by atoms with Gasteiger partial charge in [0.1, 0.15) is 12.4 Å². The lowest BCUT2D eigenvalue weighted by molar-refractivity contribution is 0.0646. The Morgan fingerprint density at radius 3 is 2.62 bits per heavy atom. The largest absolute Gasteiger partial charge is 0.374 e. The maximum atomic E-state index is 5.93. The predicted octanol–water partition coefficient (Wildman–Crippen LogP) is 3.80. The van der Waals surface area contributed by atoms with Crippen molar-refractivity contribution >= 4 is 17.0 Å². The molecule has 0 aliphatic rings. The minimum atomic E-state index is 0.107. The van der Waals surface area contributed by atoms with Gasteiger partial charge in [-0.15, -0.1) is 0 Å². The van der Waals surface area contributed by atoms with Crippen molar-refractivity contribution in [2.45, 2.75) is 32.9 Å². The summed E-state index contributed by atoms with van der Waals surface area (Å²) in [5.41, 5.74) is 3.33. The molecule has 0 aliphatic carbocycles. The van der Waals surface area contributed by atoms with Gasteiger partial charge in [0.15, 0.2) is 5.96 Å². The maximum absolute atomic E-state index is 5.93. The predicted molar refractivity (Wildman–Crippen MR) is 119 cm³/mol. The fraction of sp³-hybridized carbons (Fsp3) is 0.391. The number of nitrogens with zero attached hydrogens (tertiary/aromatic N) is 3. The van der Waals surface area contributed by atoms with Crippen LogP contribution >= 0.6 is 0 Å². The molecular formula is C23H31N5O. The molecule has 1 heterocycles.